The summed E-state index contributed by atoms with van der Waals surface area (Å²) in [5, 5.41) is 0. The topological polar surface area (TPSA) is 95.9 Å². The molecule has 32 heavy (non-hydrogen) atoms. The lowest BCUT2D eigenvalue weighted by atomic mass is 9.81. The van der Waals surface area contributed by atoms with E-state index >= 15 is 0 Å². The number of halogens is 2. The van der Waals surface area contributed by atoms with Crippen molar-refractivity contribution in [2.45, 2.75) is 25.3 Å². The van der Waals surface area contributed by atoms with Crippen LogP contribution >= 0.6 is 11.3 Å². The monoisotopic (exact) mass is 457 g/mol. The van der Waals surface area contributed by atoms with Crippen molar-refractivity contribution in [1.82, 2.24) is 4.57 Å². The van der Waals surface area contributed by atoms with Crippen molar-refractivity contribution < 1.29 is 23.0 Å². The number of para-hydroxylation sites is 2. The molecule has 0 radical (unpaired) electrons. The van der Waals surface area contributed by atoms with Crippen LogP contribution in [0.5, 0.6) is 11.5 Å². The third-order valence-electron chi connectivity index (χ3n) is 5.61. The normalized spacial score (nSPS) is 23.7. The summed E-state index contributed by atoms with van der Waals surface area (Å²) in [7, 11) is 0. The summed E-state index contributed by atoms with van der Waals surface area (Å²) < 4.78 is 37.9. The zero-order chi connectivity index (χ0) is 22.6. The summed E-state index contributed by atoms with van der Waals surface area (Å²) >= 11 is 1.08. The van der Waals surface area contributed by atoms with Gasteiger partial charge in [0.25, 0.3) is 5.56 Å². The molecule has 2 aromatic carbocycles. The predicted octanol–water partition coefficient (Wildman–Crippen LogP) is 1.77. The lowest BCUT2D eigenvalue weighted by Gasteiger charge is -2.44. The van der Waals surface area contributed by atoms with Crippen LogP contribution in [0.25, 0.3) is 6.08 Å². The van der Waals surface area contributed by atoms with Crippen molar-refractivity contribution in [3.05, 3.63) is 79.3 Å². The first-order valence-corrected chi connectivity index (χ1v) is 10.5. The Morgan fingerprint density at radius 3 is 2.75 bits per heavy atom. The van der Waals surface area contributed by atoms with E-state index in [4.69, 9.17) is 10.5 Å². The molecule has 2 aliphatic heterocycles. The SMILES string of the molecule is C[C@@]12N=c3s/c(=C\c4ccccc4OC(F)F)c(=O)n3[C@@H](c3ccccc3O1)[C@@H]2C(N)=O. The Bertz CT molecular complexity index is 1420. The maximum Gasteiger partial charge on any atom is 0.387 e. The highest BCUT2D eigenvalue weighted by atomic mass is 32.1. The van der Waals surface area contributed by atoms with Crippen LogP contribution < -0.4 is 30.1 Å². The van der Waals surface area contributed by atoms with Gasteiger partial charge in [-0.2, -0.15) is 8.78 Å². The molecule has 2 aliphatic rings. The van der Waals surface area contributed by atoms with Crippen molar-refractivity contribution in [1.29, 1.82) is 0 Å². The van der Waals surface area contributed by atoms with Crippen LogP contribution in [-0.2, 0) is 4.79 Å². The van der Waals surface area contributed by atoms with Crippen molar-refractivity contribution >= 4 is 23.3 Å². The molecule has 3 atom stereocenters. The summed E-state index contributed by atoms with van der Waals surface area (Å²) in [5.41, 5.74) is 5.00. The number of hydrogen-bond donors (Lipinski definition) is 1. The second-order valence-electron chi connectivity index (χ2n) is 7.62. The van der Waals surface area contributed by atoms with Crippen LogP contribution in [0.4, 0.5) is 8.78 Å². The van der Waals surface area contributed by atoms with E-state index in [9.17, 15) is 18.4 Å². The number of fused-ring (bicyclic) bond motifs is 6. The molecule has 164 valence electrons. The number of aromatic nitrogens is 1. The molecule has 0 fully saturated rings. The zero-order valence-corrected chi connectivity index (χ0v) is 17.5. The molecule has 0 spiro atoms. The number of hydrogen-bond acceptors (Lipinski definition) is 6. The van der Waals surface area contributed by atoms with E-state index in [1.807, 2.05) is 0 Å². The highest BCUT2D eigenvalue weighted by molar-refractivity contribution is 7.07. The summed E-state index contributed by atoms with van der Waals surface area (Å²) in [6, 6.07) is 12.6. The molecule has 1 amide bonds. The van der Waals surface area contributed by atoms with Gasteiger partial charge in [-0.15, -0.1) is 0 Å². The van der Waals surface area contributed by atoms with Gasteiger partial charge >= 0.3 is 6.61 Å². The molecule has 0 saturated heterocycles. The molecule has 2 bridgehead atoms. The van der Waals surface area contributed by atoms with Gasteiger partial charge in [-0.1, -0.05) is 47.7 Å². The minimum atomic E-state index is -3.00. The van der Waals surface area contributed by atoms with Gasteiger partial charge in [0, 0.05) is 11.1 Å². The Morgan fingerprint density at radius 1 is 1.28 bits per heavy atom. The minimum Gasteiger partial charge on any atom is -0.465 e. The Morgan fingerprint density at radius 2 is 2.00 bits per heavy atom. The van der Waals surface area contributed by atoms with E-state index in [1.54, 1.807) is 49.4 Å². The number of thiazole rings is 1. The molecule has 2 N–H and O–H groups in total. The van der Waals surface area contributed by atoms with Crippen LogP contribution in [0.15, 0.2) is 58.3 Å². The van der Waals surface area contributed by atoms with Gasteiger partial charge in [-0.25, -0.2) is 4.99 Å². The number of rotatable bonds is 4. The van der Waals surface area contributed by atoms with Gasteiger partial charge in [-0.3, -0.25) is 14.2 Å². The van der Waals surface area contributed by atoms with Gasteiger partial charge in [-0.05, 0) is 25.1 Å². The smallest absolute Gasteiger partial charge is 0.387 e. The molecule has 3 aromatic rings. The molecule has 7 nitrogen and oxygen atoms in total. The highest BCUT2D eigenvalue weighted by Gasteiger charge is 2.54. The number of nitrogens with two attached hydrogens (primary N) is 1. The fourth-order valence-corrected chi connectivity index (χ4v) is 5.41. The summed E-state index contributed by atoms with van der Waals surface area (Å²) in [4.78, 5) is 30.8. The van der Waals surface area contributed by atoms with Crippen LogP contribution in [0.2, 0.25) is 0 Å². The Labute approximate surface area is 184 Å². The summed E-state index contributed by atoms with van der Waals surface area (Å²) in [6.07, 6.45) is 1.48. The Hall–Kier alpha value is -3.53. The van der Waals surface area contributed by atoms with Crippen molar-refractivity contribution in [2.75, 3.05) is 0 Å². The molecule has 0 unspecified atom stereocenters. The van der Waals surface area contributed by atoms with E-state index in [2.05, 4.69) is 9.73 Å². The first-order chi connectivity index (χ1) is 15.3. The average Bonchev–Trinajstić information content (AvgIpc) is 3.02. The van der Waals surface area contributed by atoms with Crippen molar-refractivity contribution in [3.63, 3.8) is 0 Å². The van der Waals surface area contributed by atoms with Gasteiger partial charge in [0.15, 0.2) is 4.80 Å². The molecular weight excluding hydrogens is 440 g/mol. The zero-order valence-electron chi connectivity index (χ0n) is 16.7. The van der Waals surface area contributed by atoms with Gasteiger partial charge in [0.2, 0.25) is 11.6 Å². The first-order valence-electron chi connectivity index (χ1n) is 9.72. The Kier molecular flexibility index (Phi) is 4.63. The van der Waals surface area contributed by atoms with E-state index in [-0.39, 0.29) is 10.3 Å². The van der Waals surface area contributed by atoms with E-state index in [1.165, 1.54) is 16.7 Å². The second-order valence-corrected chi connectivity index (χ2v) is 8.63. The quantitative estimate of drug-likeness (QED) is 0.646. The highest BCUT2D eigenvalue weighted by Crippen LogP contribution is 2.46. The molecule has 0 saturated carbocycles. The number of benzene rings is 2. The maximum absolute atomic E-state index is 13.4. The number of nitrogens with zero attached hydrogens (tertiary/aromatic N) is 2. The number of alkyl halides is 2. The van der Waals surface area contributed by atoms with Crippen molar-refractivity contribution in [3.8, 4) is 11.5 Å². The third-order valence-corrected chi connectivity index (χ3v) is 6.59. The standard InChI is InChI=1S/C22H17F2N3O4S/c1-22-16(18(25)28)17(12-7-3-5-9-14(12)31-22)27-19(29)15(32-21(27)26-22)10-11-6-2-4-8-13(11)30-20(23)24/h2-10,16-17,20H,1H3,(H2,25,28)/b15-10-/t16-,17+,22-/m1/s1. The largest absolute Gasteiger partial charge is 0.465 e. The lowest BCUT2D eigenvalue weighted by Crippen LogP contribution is -2.59. The fourth-order valence-electron chi connectivity index (χ4n) is 4.32. The van der Waals surface area contributed by atoms with Crippen LogP contribution in [-0.4, -0.2) is 22.8 Å². The molecule has 10 heteroatoms. The van der Waals surface area contributed by atoms with Crippen LogP contribution in [0.3, 0.4) is 0 Å². The molecule has 5 rings (SSSR count). The first kappa shape index (κ1) is 20.4. The number of carbonyl (C=O) groups excluding carboxylic acids is 1. The average molecular weight is 457 g/mol. The molecule has 3 heterocycles. The fraction of sp³-hybridized carbons (Fsp3) is 0.227. The number of carbonyl (C=O) groups is 1. The number of primary amides is 1. The second kappa shape index (κ2) is 7.27. The number of amides is 1. The third kappa shape index (κ3) is 3.10. The van der Waals surface area contributed by atoms with Crippen LogP contribution in [0, 0.1) is 5.92 Å². The van der Waals surface area contributed by atoms with Gasteiger partial charge in [0.1, 0.15) is 17.4 Å². The van der Waals surface area contributed by atoms with Gasteiger partial charge in [0.05, 0.1) is 10.6 Å². The minimum absolute atomic E-state index is 0.0513. The van der Waals surface area contributed by atoms with Crippen LogP contribution in [0.1, 0.15) is 24.1 Å². The Balaban J connectivity index is 1.76. The lowest BCUT2D eigenvalue weighted by molar-refractivity contribution is -0.133. The van der Waals surface area contributed by atoms with E-state index < -0.39 is 35.8 Å². The summed E-state index contributed by atoms with van der Waals surface area (Å²) in [5.74, 6) is -1.07. The predicted molar refractivity (Wildman–Crippen MR) is 112 cm³/mol. The summed E-state index contributed by atoms with van der Waals surface area (Å²) in [6.45, 7) is -1.34. The maximum atomic E-state index is 13.4. The van der Waals surface area contributed by atoms with Crippen molar-refractivity contribution in [2.24, 2.45) is 16.6 Å². The van der Waals surface area contributed by atoms with E-state index in [0.717, 1.165) is 11.3 Å². The molecule has 1 aromatic heterocycles. The number of ether oxygens (including phenoxy) is 2. The van der Waals surface area contributed by atoms with E-state index in [0.29, 0.717) is 21.7 Å². The van der Waals surface area contributed by atoms with Gasteiger partial charge < -0.3 is 15.2 Å². The molecule has 0 aliphatic carbocycles. The molecular formula is C22H17F2N3O4S.